The molecule has 0 atom stereocenters. The van der Waals surface area contributed by atoms with E-state index in [1.807, 2.05) is 0 Å². The zero-order valence-corrected chi connectivity index (χ0v) is 8.11. The van der Waals surface area contributed by atoms with Gasteiger partial charge < -0.3 is 0 Å². The summed E-state index contributed by atoms with van der Waals surface area (Å²) < 4.78 is 25.8. The van der Waals surface area contributed by atoms with Crippen LogP contribution in [0, 0.1) is 18.6 Å². The first-order chi connectivity index (χ1) is 7.16. The molecular formula is C10H9F2N3. The van der Waals surface area contributed by atoms with Crippen molar-refractivity contribution in [1.82, 2.24) is 0 Å². The first kappa shape index (κ1) is 11.2. The minimum Gasteiger partial charge on any atom is -0.204 e. The average Bonchev–Trinajstić information content (AvgIpc) is 2.24. The van der Waals surface area contributed by atoms with Gasteiger partial charge in [-0.25, -0.2) is 8.78 Å². The first-order valence-corrected chi connectivity index (χ1v) is 4.29. The Bertz CT molecular complexity index is 435. The molecule has 0 amide bonds. The van der Waals surface area contributed by atoms with Crippen LogP contribution in [0.3, 0.4) is 0 Å². The second-order valence-corrected chi connectivity index (χ2v) is 2.89. The fourth-order valence-electron chi connectivity index (χ4n) is 1.11. The Morgan fingerprint density at radius 1 is 1.47 bits per heavy atom. The maximum Gasteiger partial charge on any atom is 0.162 e. The van der Waals surface area contributed by atoms with Crippen molar-refractivity contribution in [3.05, 3.63) is 51.4 Å². The highest BCUT2D eigenvalue weighted by Crippen LogP contribution is 2.16. The van der Waals surface area contributed by atoms with Crippen LogP contribution in [0.4, 0.5) is 8.78 Å². The Hall–Kier alpha value is -1.87. The van der Waals surface area contributed by atoms with Crippen LogP contribution in [0.25, 0.3) is 16.5 Å². The lowest BCUT2D eigenvalue weighted by molar-refractivity contribution is 0.503. The van der Waals surface area contributed by atoms with Crippen molar-refractivity contribution in [2.24, 2.45) is 5.11 Å². The Morgan fingerprint density at radius 2 is 2.20 bits per heavy atom. The van der Waals surface area contributed by atoms with Gasteiger partial charge in [0.1, 0.15) is 0 Å². The summed E-state index contributed by atoms with van der Waals surface area (Å²) in [4.78, 5) is 2.56. The molecule has 0 radical (unpaired) electrons. The van der Waals surface area contributed by atoms with Crippen LogP contribution in [0.2, 0.25) is 0 Å². The van der Waals surface area contributed by atoms with Crippen LogP contribution >= 0.6 is 0 Å². The maximum absolute atomic E-state index is 13.1. The molecule has 0 N–H and O–H groups in total. The molecule has 0 aliphatic heterocycles. The molecule has 0 aliphatic rings. The fraction of sp³-hybridized carbons (Fsp3) is 0.200. The van der Waals surface area contributed by atoms with E-state index in [0.717, 1.165) is 6.07 Å². The minimum absolute atomic E-state index is 0.189. The molecule has 1 aromatic carbocycles. The smallest absolute Gasteiger partial charge is 0.162 e. The van der Waals surface area contributed by atoms with E-state index in [9.17, 15) is 8.78 Å². The van der Waals surface area contributed by atoms with E-state index < -0.39 is 11.6 Å². The third-order valence-corrected chi connectivity index (χ3v) is 1.93. The van der Waals surface area contributed by atoms with Crippen molar-refractivity contribution in [1.29, 1.82) is 0 Å². The molecule has 0 unspecified atom stereocenters. The van der Waals surface area contributed by atoms with Crippen LogP contribution in [-0.4, -0.2) is 6.54 Å². The van der Waals surface area contributed by atoms with Crippen molar-refractivity contribution in [3.8, 4) is 0 Å². The molecule has 1 aromatic rings. The van der Waals surface area contributed by atoms with Crippen LogP contribution < -0.4 is 0 Å². The van der Waals surface area contributed by atoms with Gasteiger partial charge in [0, 0.05) is 11.5 Å². The first-order valence-electron chi connectivity index (χ1n) is 4.29. The largest absolute Gasteiger partial charge is 0.204 e. The quantitative estimate of drug-likeness (QED) is 0.415. The maximum atomic E-state index is 13.1. The van der Waals surface area contributed by atoms with Crippen LogP contribution in [0.15, 0.2) is 23.3 Å². The Labute approximate surface area is 85.7 Å². The molecule has 1 rings (SSSR count). The van der Waals surface area contributed by atoms with Crippen molar-refractivity contribution in [2.75, 3.05) is 6.54 Å². The number of nitrogens with zero attached hydrogens (tertiary/aromatic N) is 3. The van der Waals surface area contributed by atoms with Crippen molar-refractivity contribution < 1.29 is 8.78 Å². The summed E-state index contributed by atoms with van der Waals surface area (Å²) in [5.74, 6) is -1.71. The van der Waals surface area contributed by atoms with Gasteiger partial charge in [-0.1, -0.05) is 23.3 Å². The van der Waals surface area contributed by atoms with Gasteiger partial charge in [-0.15, -0.1) is 0 Å². The van der Waals surface area contributed by atoms with E-state index in [0.29, 0.717) is 5.56 Å². The number of halogens is 2. The Kier molecular flexibility index (Phi) is 3.83. The summed E-state index contributed by atoms with van der Waals surface area (Å²) in [7, 11) is 0. The molecule has 0 heterocycles. The number of rotatable bonds is 3. The molecule has 3 nitrogen and oxygen atoms in total. The summed E-state index contributed by atoms with van der Waals surface area (Å²) in [6.45, 7) is 1.68. The normalized spacial score (nSPS) is 10.3. The SMILES string of the molecule is Cc1c(C=CCN=[N+]=[N-])ccc(F)c1F. The summed E-state index contributed by atoms with van der Waals surface area (Å²) in [5.41, 5.74) is 8.83. The van der Waals surface area contributed by atoms with Crippen LogP contribution in [-0.2, 0) is 0 Å². The highest BCUT2D eigenvalue weighted by Gasteiger charge is 2.06. The number of benzene rings is 1. The second-order valence-electron chi connectivity index (χ2n) is 2.89. The van der Waals surface area contributed by atoms with Crippen LogP contribution in [0.1, 0.15) is 11.1 Å². The van der Waals surface area contributed by atoms with Gasteiger partial charge in [0.05, 0.1) is 0 Å². The van der Waals surface area contributed by atoms with E-state index >= 15 is 0 Å². The van der Waals surface area contributed by atoms with E-state index in [2.05, 4.69) is 10.0 Å². The average molecular weight is 209 g/mol. The van der Waals surface area contributed by atoms with E-state index in [1.54, 1.807) is 12.2 Å². The standard InChI is InChI=1S/C10H9F2N3/c1-7-8(3-2-6-14-15-13)4-5-9(11)10(7)12/h2-5H,6H2,1H3. The monoisotopic (exact) mass is 209 g/mol. The fourth-order valence-corrected chi connectivity index (χ4v) is 1.11. The molecule has 5 heteroatoms. The summed E-state index contributed by atoms with van der Waals surface area (Å²) in [5, 5.41) is 3.28. The highest BCUT2D eigenvalue weighted by molar-refractivity contribution is 5.53. The molecule has 0 bridgehead atoms. The highest BCUT2D eigenvalue weighted by atomic mass is 19.2. The molecule has 0 aliphatic carbocycles. The third kappa shape index (κ3) is 2.79. The molecule has 0 saturated carbocycles. The van der Waals surface area contributed by atoms with E-state index in [1.165, 1.54) is 13.0 Å². The Morgan fingerprint density at radius 3 is 2.87 bits per heavy atom. The van der Waals surface area contributed by atoms with Gasteiger partial charge in [-0.3, -0.25) is 0 Å². The topological polar surface area (TPSA) is 48.8 Å². The lowest BCUT2D eigenvalue weighted by Gasteiger charge is -2.02. The van der Waals surface area contributed by atoms with Crippen molar-refractivity contribution in [2.45, 2.75) is 6.92 Å². The van der Waals surface area contributed by atoms with Gasteiger partial charge >= 0.3 is 0 Å². The number of hydrogen-bond donors (Lipinski definition) is 0. The third-order valence-electron chi connectivity index (χ3n) is 1.93. The molecule has 0 spiro atoms. The van der Waals surface area contributed by atoms with Gasteiger partial charge in [-0.05, 0) is 29.6 Å². The minimum atomic E-state index is -0.861. The lowest BCUT2D eigenvalue weighted by atomic mass is 10.1. The van der Waals surface area contributed by atoms with E-state index in [4.69, 9.17) is 5.53 Å². The van der Waals surface area contributed by atoms with Gasteiger partial charge in [0.2, 0.25) is 0 Å². The van der Waals surface area contributed by atoms with Crippen molar-refractivity contribution in [3.63, 3.8) is 0 Å². The molecule has 0 aromatic heterocycles. The van der Waals surface area contributed by atoms with E-state index in [-0.39, 0.29) is 12.1 Å². The molecule has 0 fully saturated rings. The summed E-state index contributed by atoms with van der Waals surface area (Å²) >= 11 is 0. The number of hydrogen-bond acceptors (Lipinski definition) is 1. The molecule has 15 heavy (non-hydrogen) atoms. The summed E-state index contributed by atoms with van der Waals surface area (Å²) in [6, 6.07) is 2.54. The zero-order chi connectivity index (χ0) is 11.3. The lowest BCUT2D eigenvalue weighted by Crippen LogP contribution is -1.91. The molecule has 78 valence electrons. The van der Waals surface area contributed by atoms with Gasteiger partial charge in [0.15, 0.2) is 11.6 Å². The summed E-state index contributed by atoms with van der Waals surface area (Å²) in [6.07, 6.45) is 3.17. The molecular weight excluding hydrogens is 200 g/mol. The predicted octanol–water partition coefficient (Wildman–Crippen LogP) is 3.60. The number of azide groups is 1. The Balaban J connectivity index is 2.91. The predicted molar refractivity (Wildman–Crippen MR) is 54.1 cm³/mol. The van der Waals surface area contributed by atoms with Gasteiger partial charge in [0.25, 0.3) is 0 Å². The second kappa shape index (κ2) is 5.12. The molecule has 0 saturated heterocycles. The van der Waals surface area contributed by atoms with Gasteiger partial charge in [-0.2, -0.15) is 0 Å². The van der Waals surface area contributed by atoms with Crippen molar-refractivity contribution >= 4 is 6.08 Å². The van der Waals surface area contributed by atoms with Crippen LogP contribution in [0.5, 0.6) is 0 Å². The zero-order valence-electron chi connectivity index (χ0n) is 8.11.